The Labute approximate surface area is 122 Å². The lowest BCUT2D eigenvalue weighted by Gasteiger charge is -2.15. The van der Waals surface area contributed by atoms with Gasteiger partial charge in [0.25, 0.3) is 0 Å². The third-order valence-corrected chi connectivity index (χ3v) is 6.65. The molecule has 0 aromatic rings. The number of hydrogen-bond donors (Lipinski definition) is 0. The minimum atomic E-state index is -0.774. The second-order valence-electron chi connectivity index (χ2n) is 7.05. The van der Waals surface area contributed by atoms with Crippen molar-refractivity contribution in [2.45, 2.75) is 84.5 Å². The van der Waals surface area contributed by atoms with Crippen LogP contribution in [0.4, 0.5) is 0 Å². The molecule has 0 aliphatic rings. The van der Waals surface area contributed by atoms with E-state index in [1.54, 1.807) is 0 Å². The summed E-state index contributed by atoms with van der Waals surface area (Å²) in [5, 5.41) is 0. The smallest absolute Gasteiger partial charge is 0.0442 e. The van der Waals surface area contributed by atoms with Crippen LogP contribution in [0.2, 0.25) is 25.7 Å². The highest BCUT2D eigenvalue weighted by Gasteiger charge is 2.11. The molecular weight excluding hydrogens is 252 g/mol. The number of thioether (sulfide) groups is 1. The predicted molar refractivity (Wildman–Crippen MR) is 92.6 cm³/mol. The standard InChI is InChI=1S/C16H36SSi/c1-6-7-8-9-12-16(2)15-17-13-10-11-14-18(3,4)5/h16H,6-15H2,1-5H3. The first-order valence-corrected chi connectivity index (χ1v) is 12.9. The maximum Gasteiger partial charge on any atom is 0.0442 e. The van der Waals surface area contributed by atoms with Gasteiger partial charge in [-0.15, -0.1) is 0 Å². The number of hydrogen-bond acceptors (Lipinski definition) is 1. The van der Waals surface area contributed by atoms with E-state index in [2.05, 4.69) is 45.3 Å². The molecule has 1 atom stereocenters. The third-order valence-electron chi connectivity index (χ3n) is 3.42. The quantitative estimate of drug-likeness (QED) is 0.294. The zero-order valence-electron chi connectivity index (χ0n) is 13.6. The van der Waals surface area contributed by atoms with E-state index in [4.69, 9.17) is 0 Å². The van der Waals surface area contributed by atoms with Crippen LogP contribution in [0.1, 0.15) is 58.8 Å². The van der Waals surface area contributed by atoms with E-state index in [1.165, 1.54) is 62.5 Å². The Morgan fingerprint density at radius 1 is 0.944 bits per heavy atom. The van der Waals surface area contributed by atoms with Crippen molar-refractivity contribution in [3.63, 3.8) is 0 Å². The van der Waals surface area contributed by atoms with Gasteiger partial charge < -0.3 is 0 Å². The summed E-state index contributed by atoms with van der Waals surface area (Å²) < 4.78 is 0. The average Bonchev–Trinajstić information content (AvgIpc) is 2.28. The number of unbranched alkanes of at least 4 members (excludes halogenated alkanes) is 4. The molecule has 0 rings (SSSR count). The van der Waals surface area contributed by atoms with E-state index in [-0.39, 0.29) is 0 Å². The van der Waals surface area contributed by atoms with Crippen molar-refractivity contribution >= 4 is 19.8 Å². The molecule has 0 spiro atoms. The lowest BCUT2D eigenvalue weighted by atomic mass is 10.0. The first kappa shape index (κ1) is 18.6. The molecule has 0 bridgehead atoms. The van der Waals surface area contributed by atoms with Crippen molar-refractivity contribution in [2.24, 2.45) is 5.92 Å². The molecule has 0 saturated carbocycles. The van der Waals surface area contributed by atoms with E-state index >= 15 is 0 Å². The minimum absolute atomic E-state index is 0.774. The van der Waals surface area contributed by atoms with E-state index in [0.29, 0.717) is 0 Å². The van der Waals surface area contributed by atoms with Gasteiger partial charge in [0, 0.05) is 8.07 Å². The second kappa shape index (κ2) is 11.4. The zero-order chi connectivity index (χ0) is 13.9. The van der Waals surface area contributed by atoms with Gasteiger partial charge in [0.2, 0.25) is 0 Å². The maximum absolute atomic E-state index is 2.48. The van der Waals surface area contributed by atoms with Gasteiger partial charge in [0.05, 0.1) is 0 Å². The molecule has 0 heterocycles. The highest BCUT2D eigenvalue weighted by molar-refractivity contribution is 7.99. The van der Waals surface area contributed by atoms with Crippen LogP contribution in [0.25, 0.3) is 0 Å². The highest BCUT2D eigenvalue weighted by atomic mass is 32.2. The molecule has 0 saturated heterocycles. The largest absolute Gasteiger partial charge is 0.162 e. The van der Waals surface area contributed by atoms with E-state index in [9.17, 15) is 0 Å². The lowest BCUT2D eigenvalue weighted by molar-refractivity contribution is 0.531. The van der Waals surface area contributed by atoms with Crippen molar-refractivity contribution in [3.05, 3.63) is 0 Å². The molecule has 0 aliphatic carbocycles. The topological polar surface area (TPSA) is 0 Å². The third kappa shape index (κ3) is 14.6. The Balaban J connectivity index is 3.22. The Hall–Kier alpha value is 0.567. The summed E-state index contributed by atoms with van der Waals surface area (Å²) in [6, 6.07) is 1.51. The van der Waals surface area contributed by atoms with Gasteiger partial charge >= 0.3 is 0 Å². The molecule has 0 aromatic heterocycles. The van der Waals surface area contributed by atoms with Gasteiger partial charge in [-0.25, -0.2) is 0 Å². The Bertz CT molecular complexity index is 174. The van der Waals surface area contributed by atoms with Gasteiger partial charge in [-0.2, -0.15) is 11.8 Å². The normalized spacial score (nSPS) is 13.8. The summed E-state index contributed by atoms with van der Waals surface area (Å²) in [5.41, 5.74) is 0. The molecule has 2 heteroatoms. The van der Waals surface area contributed by atoms with Crippen LogP contribution in [0.5, 0.6) is 0 Å². The maximum atomic E-state index is 2.48. The van der Waals surface area contributed by atoms with Crippen molar-refractivity contribution < 1.29 is 0 Å². The molecule has 0 fully saturated rings. The van der Waals surface area contributed by atoms with Gasteiger partial charge in [-0.1, -0.05) is 71.6 Å². The van der Waals surface area contributed by atoms with Gasteiger partial charge in [0.1, 0.15) is 0 Å². The average molecular weight is 289 g/mol. The SMILES string of the molecule is CCCCCCC(C)CSCCCC[Si](C)(C)C. The molecule has 1 unspecified atom stereocenters. The van der Waals surface area contributed by atoms with Crippen molar-refractivity contribution in [3.8, 4) is 0 Å². The molecular formula is C16H36SSi. The summed E-state index contributed by atoms with van der Waals surface area (Å²) >= 11 is 2.19. The zero-order valence-corrected chi connectivity index (χ0v) is 15.4. The van der Waals surface area contributed by atoms with Crippen LogP contribution in [0, 0.1) is 5.92 Å². The van der Waals surface area contributed by atoms with E-state index < -0.39 is 8.07 Å². The Morgan fingerprint density at radius 3 is 2.28 bits per heavy atom. The van der Waals surface area contributed by atoms with Crippen LogP contribution in [-0.2, 0) is 0 Å². The number of rotatable bonds is 12. The van der Waals surface area contributed by atoms with Crippen molar-refractivity contribution in [2.75, 3.05) is 11.5 Å². The summed E-state index contributed by atoms with van der Waals surface area (Å²) in [7, 11) is -0.774. The molecule has 0 N–H and O–H groups in total. The van der Waals surface area contributed by atoms with Crippen molar-refractivity contribution in [1.29, 1.82) is 0 Å². The van der Waals surface area contributed by atoms with E-state index in [0.717, 1.165) is 5.92 Å². The monoisotopic (exact) mass is 288 g/mol. The highest BCUT2D eigenvalue weighted by Crippen LogP contribution is 2.18. The fourth-order valence-corrected chi connectivity index (χ4v) is 4.60. The lowest BCUT2D eigenvalue weighted by Crippen LogP contribution is -2.18. The van der Waals surface area contributed by atoms with Gasteiger partial charge in [0.15, 0.2) is 0 Å². The first-order chi connectivity index (χ1) is 8.45. The molecule has 0 aliphatic heterocycles. The fourth-order valence-electron chi connectivity index (χ4n) is 2.15. The molecule has 0 radical (unpaired) electrons. The summed E-state index contributed by atoms with van der Waals surface area (Å²) in [6.07, 6.45) is 10.0. The minimum Gasteiger partial charge on any atom is -0.162 e. The van der Waals surface area contributed by atoms with Gasteiger partial charge in [-0.05, 0) is 30.3 Å². The molecule has 0 nitrogen and oxygen atoms in total. The summed E-state index contributed by atoms with van der Waals surface area (Å²) in [6.45, 7) is 12.2. The van der Waals surface area contributed by atoms with Crippen LogP contribution in [-0.4, -0.2) is 19.6 Å². The molecule has 0 amide bonds. The summed E-state index contributed by atoms with van der Waals surface area (Å²) in [4.78, 5) is 0. The molecule has 18 heavy (non-hydrogen) atoms. The molecule has 0 aromatic carbocycles. The van der Waals surface area contributed by atoms with Crippen LogP contribution in [0.15, 0.2) is 0 Å². The predicted octanol–water partition coefficient (Wildman–Crippen LogP) is 6.44. The Morgan fingerprint density at radius 2 is 1.67 bits per heavy atom. The van der Waals surface area contributed by atoms with Crippen molar-refractivity contribution in [1.82, 2.24) is 0 Å². The second-order valence-corrected chi connectivity index (χ2v) is 13.8. The fraction of sp³-hybridized carbons (Fsp3) is 1.00. The van der Waals surface area contributed by atoms with Crippen LogP contribution < -0.4 is 0 Å². The van der Waals surface area contributed by atoms with Crippen LogP contribution in [0.3, 0.4) is 0 Å². The Kier molecular flexibility index (Phi) is 11.8. The van der Waals surface area contributed by atoms with Gasteiger partial charge in [-0.3, -0.25) is 0 Å². The first-order valence-electron chi connectivity index (χ1n) is 8.03. The van der Waals surface area contributed by atoms with E-state index in [1.807, 2.05) is 0 Å². The summed E-state index contributed by atoms with van der Waals surface area (Å²) in [5.74, 6) is 3.71. The molecule has 110 valence electrons. The van der Waals surface area contributed by atoms with Crippen LogP contribution >= 0.6 is 11.8 Å².